The van der Waals surface area contributed by atoms with E-state index < -0.39 is 0 Å². The monoisotopic (exact) mass is 338 g/mol. The molecular weight excluding hydrogens is 312 g/mol. The van der Waals surface area contributed by atoms with E-state index in [0.29, 0.717) is 18.5 Å². The van der Waals surface area contributed by atoms with Crippen molar-refractivity contribution in [3.8, 4) is 0 Å². The van der Waals surface area contributed by atoms with Crippen molar-refractivity contribution in [2.45, 2.75) is 44.2 Å². The van der Waals surface area contributed by atoms with E-state index in [9.17, 15) is 4.79 Å². The van der Waals surface area contributed by atoms with Crippen molar-refractivity contribution in [2.24, 2.45) is 7.05 Å². The molecule has 0 radical (unpaired) electrons. The van der Waals surface area contributed by atoms with E-state index in [0.717, 1.165) is 37.3 Å². The molecule has 1 aromatic heterocycles. The molecule has 5 nitrogen and oxygen atoms in total. The number of carbonyl (C=O) groups excluding carboxylic acids is 1. The average molecular weight is 338 g/mol. The Balaban J connectivity index is 1.49. The normalized spacial score (nSPS) is 20.4. The second-order valence-corrected chi connectivity index (χ2v) is 7.28. The minimum Gasteiger partial charge on any atom is -0.337 e. The summed E-state index contributed by atoms with van der Waals surface area (Å²) in [4.78, 5) is 19.4. The van der Waals surface area contributed by atoms with Gasteiger partial charge in [-0.3, -0.25) is 4.79 Å². The smallest absolute Gasteiger partial charge is 0.254 e. The lowest BCUT2D eigenvalue weighted by atomic mass is 9.91. The first-order chi connectivity index (χ1) is 12.2. The zero-order valence-electron chi connectivity index (χ0n) is 14.8. The van der Waals surface area contributed by atoms with Crippen LogP contribution in [0.15, 0.2) is 36.7 Å². The van der Waals surface area contributed by atoms with Gasteiger partial charge in [-0.25, -0.2) is 4.98 Å². The maximum Gasteiger partial charge on any atom is 0.254 e. The van der Waals surface area contributed by atoms with E-state index in [1.807, 2.05) is 34.8 Å². The van der Waals surface area contributed by atoms with Crippen LogP contribution in [0.3, 0.4) is 0 Å². The number of hydrogen-bond donors (Lipinski definition) is 1. The Morgan fingerprint density at radius 1 is 1.28 bits per heavy atom. The number of carbonyl (C=O) groups is 1. The molecule has 5 heteroatoms. The van der Waals surface area contributed by atoms with E-state index in [1.165, 1.54) is 18.4 Å². The zero-order chi connectivity index (χ0) is 17.2. The van der Waals surface area contributed by atoms with Gasteiger partial charge in [-0.05, 0) is 55.8 Å². The maximum atomic E-state index is 13.0. The molecule has 1 saturated heterocycles. The summed E-state index contributed by atoms with van der Waals surface area (Å²) in [5, 5.41) is 3.46. The molecule has 4 rings (SSSR count). The Labute approximate surface area is 149 Å². The fourth-order valence-corrected chi connectivity index (χ4v) is 3.65. The average Bonchev–Trinajstić information content (AvgIpc) is 3.42. The molecule has 2 fully saturated rings. The van der Waals surface area contributed by atoms with Crippen molar-refractivity contribution in [3.63, 3.8) is 0 Å². The fourth-order valence-electron chi connectivity index (χ4n) is 3.65. The molecule has 132 valence electrons. The van der Waals surface area contributed by atoms with E-state index in [4.69, 9.17) is 0 Å². The highest BCUT2D eigenvalue weighted by Gasteiger charge is 2.33. The van der Waals surface area contributed by atoms with Crippen LogP contribution in [0.5, 0.6) is 0 Å². The molecule has 25 heavy (non-hydrogen) atoms. The van der Waals surface area contributed by atoms with Crippen LogP contribution in [0.25, 0.3) is 0 Å². The fraction of sp³-hybridized carbons (Fsp3) is 0.500. The van der Waals surface area contributed by atoms with E-state index >= 15 is 0 Å². The van der Waals surface area contributed by atoms with Gasteiger partial charge in [0, 0.05) is 37.6 Å². The first-order valence-electron chi connectivity index (χ1n) is 9.30. The van der Waals surface area contributed by atoms with Gasteiger partial charge in [0.2, 0.25) is 0 Å². The number of nitrogens with one attached hydrogen (secondary N) is 1. The Bertz CT molecular complexity index is 726. The molecular formula is C20H26N4O. The summed E-state index contributed by atoms with van der Waals surface area (Å²) in [6.07, 6.45) is 8.37. The number of imidazole rings is 1. The second-order valence-electron chi connectivity index (χ2n) is 7.28. The lowest BCUT2D eigenvalue weighted by Crippen LogP contribution is -2.33. The molecule has 2 aliphatic rings. The predicted molar refractivity (Wildman–Crippen MR) is 97.4 cm³/mol. The maximum absolute atomic E-state index is 13.0. The van der Waals surface area contributed by atoms with Crippen LogP contribution in [0, 0.1) is 0 Å². The molecule has 1 atom stereocenters. The van der Waals surface area contributed by atoms with Crippen LogP contribution in [0.4, 0.5) is 0 Å². The molecule has 0 bridgehead atoms. The third-order valence-corrected chi connectivity index (χ3v) is 5.41. The molecule has 1 aliphatic carbocycles. The third-order valence-electron chi connectivity index (χ3n) is 5.41. The molecule has 1 aliphatic heterocycles. The van der Waals surface area contributed by atoms with Gasteiger partial charge >= 0.3 is 0 Å². The van der Waals surface area contributed by atoms with Crippen LogP contribution >= 0.6 is 0 Å². The van der Waals surface area contributed by atoms with Crippen LogP contribution in [0.1, 0.15) is 53.3 Å². The molecule has 1 N–H and O–H groups in total. The summed E-state index contributed by atoms with van der Waals surface area (Å²) in [5.41, 5.74) is 2.12. The Morgan fingerprint density at radius 3 is 2.68 bits per heavy atom. The summed E-state index contributed by atoms with van der Waals surface area (Å²) in [7, 11) is 1.98. The van der Waals surface area contributed by atoms with Crippen molar-refractivity contribution in [3.05, 3.63) is 53.6 Å². The van der Waals surface area contributed by atoms with Crippen LogP contribution in [0.2, 0.25) is 0 Å². The Kier molecular flexibility index (Phi) is 4.57. The highest BCUT2D eigenvalue weighted by atomic mass is 16.2. The number of aromatic nitrogens is 2. The van der Waals surface area contributed by atoms with Gasteiger partial charge in [-0.2, -0.15) is 0 Å². The van der Waals surface area contributed by atoms with Gasteiger partial charge < -0.3 is 14.8 Å². The SMILES string of the molecule is Cn1ccnc1CN(C(=O)c1ccc(C2CCCNC2)cc1)C1CC1. The molecule has 0 spiro atoms. The lowest BCUT2D eigenvalue weighted by Gasteiger charge is -2.24. The van der Waals surface area contributed by atoms with E-state index in [2.05, 4.69) is 22.4 Å². The molecule has 2 heterocycles. The largest absolute Gasteiger partial charge is 0.337 e. The summed E-state index contributed by atoms with van der Waals surface area (Å²) in [5.74, 6) is 1.63. The highest BCUT2D eigenvalue weighted by Crippen LogP contribution is 2.30. The van der Waals surface area contributed by atoms with Gasteiger partial charge in [0.25, 0.3) is 5.91 Å². The lowest BCUT2D eigenvalue weighted by molar-refractivity contribution is 0.0724. The minimum absolute atomic E-state index is 0.124. The number of amides is 1. The summed E-state index contributed by atoms with van der Waals surface area (Å²) in [6.45, 7) is 2.75. The van der Waals surface area contributed by atoms with Crippen molar-refractivity contribution >= 4 is 5.91 Å². The Morgan fingerprint density at radius 2 is 2.08 bits per heavy atom. The first kappa shape index (κ1) is 16.3. The van der Waals surface area contributed by atoms with Gasteiger partial charge in [0.15, 0.2) is 0 Å². The summed E-state index contributed by atoms with van der Waals surface area (Å²) in [6, 6.07) is 8.64. The van der Waals surface area contributed by atoms with Crippen molar-refractivity contribution < 1.29 is 4.79 Å². The number of piperidine rings is 1. The van der Waals surface area contributed by atoms with E-state index in [1.54, 1.807) is 6.20 Å². The number of nitrogens with zero attached hydrogens (tertiary/aromatic N) is 3. The first-order valence-corrected chi connectivity index (χ1v) is 9.30. The topological polar surface area (TPSA) is 50.2 Å². The molecule has 1 unspecified atom stereocenters. The van der Waals surface area contributed by atoms with Crippen molar-refractivity contribution in [1.29, 1.82) is 0 Å². The van der Waals surface area contributed by atoms with Crippen molar-refractivity contribution in [1.82, 2.24) is 19.8 Å². The number of aryl methyl sites for hydroxylation is 1. The molecule has 1 aromatic carbocycles. The van der Waals surface area contributed by atoms with Crippen LogP contribution in [-0.2, 0) is 13.6 Å². The Hall–Kier alpha value is -2.14. The quantitative estimate of drug-likeness (QED) is 0.912. The number of rotatable bonds is 5. The van der Waals surface area contributed by atoms with Gasteiger partial charge in [0.1, 0.15) is 5.82 Å². The van der Waals surface area contributed by atoms with Gasteiger partial charge in [-0.15, -0.1) is 0 Å². The molecule has 1 saturated carbocycles. The van der Waals surface area contributed by atoms with Crippen LogP contribution in [-0.4, -0.2) is 39.5 Å². The minimum atomic E-state index is 0.124. The molecule has 2 aromatic rings. The van der Waals surface area contributed by atoms with Gasteiger partial charge in [0.05, 0.1) is 6.54 Å². The number of benzene rings is 1. The van der Waals surface area contributed by atoms with E-state index in [-0.39, 0.29) is 5.91 Å². The van der Waals surface area contributed by atoms with Crippen LogP contribution < -0.4 is 5.32 Å². The number of hydrogen-bond acceptors (Lipinski definition) is 3. The second kappa shape index (κ2) is 7.00. The summed E-state index contributed by atoms with van der Waals surface area (Å²) >= 11 is 0. The summed E-state index contributed by atoms with van der Waals surface area (Å²) < 4.78 is 1.99. The van der Waals surface area contributed by atoms with Gasteiger partial charge in [-0.1, -0.05) is 12.1 Å². The third kappa shape index (κ3) is 3.61. The zero-order valence-corrected chi connectivity index (χ0v) is 14.8. The molecule has 1 amide bonds. The highest BCUT2D eigenvalue weighted by molar-refractivity contribution is 5.94. The standard InChI is InChI=1S/C20H26N4O/c1-23-12-11-22-19(23)14-24(18-8-9-18)20(25)16-6-4-15(5-7-16)17-3-2-10-21-13-17/h4-7,11-12,17-18,21H,2-3,8-10,13-14H2,1H3. The van der Waals surface area contributed by atoms with Crippen molar-refractivity contribution in [2.75, 3.05) is 13.1 Å². The predicted octanol–water partition coefficient (Wildman–Crippen LogP) is 2.69.